The third kappa shape index (κ3) is 4.23. The van der Waals surface area contributed by atoms with Gasteiger partial charge in [-0.25, -0.2) is 0 Å². The molecule has 0 amide bonds. The molecular formula is C14H28N2O. The maximum atomic E-state index is 5.68. The summed E-state index contributed by atoms with van der Waals surface area (Å²) in [5.41, 5.74) is 0. The van der Waals surface area contributed by atoms with Gasteiger partial charge in [0.25, 0.3) is 0 Å². The molecule has 0 saturated carbocycles. The molecule has 2 aliphatic rings. The first kappa shape index (κ1) is 13.3. The second kappa shape index (κ2) is 6.72. The summed E-state index contributed by atoms with van der Waals surface area (Å²) in [6.07, 6.45) is 6.95. The Kier molecular flexibility index (Phi) is 5.26. The number of nitrogens with zero attached hydrogens (tertiary/aromatic N) is 1. The Balaban J connectivity index is 1.68. The fourth-order valence-corrected chi connectivity index (χ4v) is 3.02. The molecule has 3 heteroatoms. The molecule has 1 N–H and O–H groups in total. The summed E-state index contributed by atoms with van der Waals surface area (Å²) in [5, 5.41) is 3.57. The monoisotopic (exact) mass is 240 g/mol. The zero-order valence-corrected chi connectivity index (χ0v) is 11.5. The summed E-state index contributed by atoms with van der Waals surface area (Å²) in [6, 6.07) is 1.37. The highest BCUT2D eigenvalue weighted by atomic mass is 16.5. The molecule has 0 aromatic heterocycles. The Hall–Kier alpha value is -0.120. The van der Waals surface area contributed by atoms with E-state index in [4.69, 9.17) is 4.74 Å². The quantitative estimate of drug-likeness (QED) is 0.813. The van der Waals surface area contributed by atoms with Gasteiger partial charge in [-0.15, -0.1) is 0 Å². The highest BCUT2D eigenvalue weighted by Crippen LogP contribution is 2.18. The van der Waals surface area contributed by atoms with Gasteiger partial charge in [-0.05, 0) is 59.0 Å². The third-order valence-electron chi connectivity index (χ3n) is 4.18. The first-order valence-corrected chi connectivity index (χ1v) is 7.34. The summed E-state index contributed by atoms with van der Waals surface area (Å²) in [5.74, 6) is 0. The van der Waals surface area contributed by atoms with Crippen LogP contribution in [0, 0.1) is 0 Å². The highest BCUT2D eigenvalue weighted by Gasteiger charge is 2.21. The van der Waals surface area contributed by atoms with Crippen LogP contribution in [0.2, 0.25) is 0 Å². The summed E-state index contributed by atoms with van der Waals surface area (Å²) in [7, 11) is 0. The van der Waals surface area contributed by atoms with Crippen LogP contribution in [0.4, 0.5) is 0 Å². The molecule has 0 spiro atoms. The Morgan fingerprint density at radius 2 is 2.18 bits per heavy atom. The minimum atomic E-state index is 0.563. The van der Waals surface area contributed by atoms with Crippen LogP contribution in [0.1, 0.15) is 46.0 Å². The van der Waals surface area contributed by atoms with Crippen molar-refractivity contribution < 1.29 is 4.74 Å². The molecule has 3 unspecified atom stereocenters. The van der Waals surface area contributed by atoms with Crippen LogP contribution in [0.15, 0.2) is 0 Å². The summed E-state index contributed by atoms with van der Waals surface area (Å²) in [4.78, 5) is 2.65. The van der Waals surface area contributed by atoms with Gasteiger partial charge in [-0.3, -0.25) is 4.90 Å². The van der Waals surface area contributed by atoms with E-state index in [9.17, 15) is 0 Å². The number of hydrogen-bond acceptors (Lipinski definition) is 3. The van der Waals surface area contributed by atoms with Crippen molar-refractivity contribution in [1.82, 2.24) is 10.2 Å². The number of rotatable bonds is 4. The van der Waals surface area contributed by atoms with Crippen molar-refractivity contribution in [3.05, 3.63) is 0 Å². The molecule has 100 valence electrons. The van der Waals surface area contributed by atoms with E-state index in [-0.39, 0.29) is 0 Å². The topological polar surface area (TPSA) is 24.5 Å². The first-order chi connectivity index (χ1) is 8.25. The van der Waals surface area contributed by atoms with Gasteiger partial charge in [0.2, 0.25) is 0 Å². The normalized spacial score (nSPS) is 36.0. The summed E-state index contributed by atoms with van der Waals surface area (Å²) in [6.45, 7) is 9.27. The zero-order chi connectivity index (χ0) is 12.1. The fraction of sp³-hybridized carbons (Fsp3) is 1.00. The van der Waals surface area contributed by atoms with Gasteiger partial charge < -0.3 is 10.1 Å². The molecule has 2 fully saturated rings. The van der Waals surface area contributed by atoms with E-state index in [1.165, 1.54) is 51.7 Å². The Morgan fingerprint density at radius 1 is 1.29 bits per heavy atom. The largest absolute Gasteiger partial charge is 0.378 e. The summed E-state index contributed by atoms with van der Waals surface area (Å²) >= 11 is 0. The van der Waals surface area contributed by atoms with Crippen LogP contribution < -0.4 is 5.32 Å². The van der Waals surface area contributed by atoms with Crippen LogP contribution in [0.25, 0.3) is 0 Å². The summed E-state index contributed by atoms with van der Waals surface area (Å²) < 4.78 is 5.68. The van der Waals surface area contributed by atoms with Gasteiger partial charge in [0.05, 0.1) is 6.10 Å². The lowest BCUT2D eigenvalue weighted by Gasteiger charge is -2.28. The maximum Gasteiger partial charge on any atom is 0.0576 e. The average Bonchev–Trinajstić information content (AvgIpc) is 2.75. The van der Waals surface area contributed by atoms with E-state index in [0.717, 1.165) is 12.6 Å². The predicted molar refractivity (Wildman–Crippen MR) is 71.3 cm³/mol. The van der Waals surface area contributed by atoms with E-state index in [1.54, 1.807) is 0 Å². The van der Waals surface area contributed by atoms with Crippen molar-refractivity contribution in [2.75, 3.05) is 26.2 Å². The van der Waals surface area contributed by atoms with Gasteiger partial charge in [-0.2, -0.15) is 0 Å². The zero-order valence-electron chi connectivity index (χ0n) is 11.5. The Labute approximate surface area is 106 Å². The van der Waals surface area contributed by atoms with Crippen molar-refractivity contribution in [2.24, 2.45) is 0 Å². The van der Waals surface area contributed by atoms with Crippen LogP contribution >= 0.6 is 0 Å². The molecule has 2 rings (SSSR count). The van der Waals surface area contributed by atoms with Crippen LogP contribution in [0.3, 0.4) is 0 Å². The second-order valence-corrected chi connectivity index (χ2v) is 5.77. The molecule has 0 bridgehead atoms. The maximum absolute atomic E-state index is 5.68. The number of hydrogen-bond donors (Lipinski definition) is 1. The minimum Gasteiger partial charge on any atom is -0.378 e. The fourth-order valence-electron chi connectivity index (χ4n) is 3.02. The molecule has 17 heavy (non-hydrogen) atoms. The second-order valence-electron chi connectivity index (χ2n) is 5.77. The number of nitrogens with one attached hydrogen (secondary N) is 1. The lowest BCUT2D eigenvalue weighted by atomic mass is 10.1. The molecule has 0 aromatic carbocycles. The number of ether oxygens (including phenoxy) is 1. The lowest BCUT2D eigenvalue weighted by molar-refractivity contribution is 0.0962. The smallest absolute Gasteiger partial charge is 0.0576 e. The lowest BCUT2D eigenvalue weighted by Crippen LogP contribution is -2.39. The third-order valence-corrected chi connectivity index (χ3v) is 4.18. The van der Waals surface area contributed by atoms with Crippen LogP contribution in [-0.2, 0) is 4.74 Å². The SMILES string of the molecule is CC1CN(CCCC2CCCO2)C(C)CCN1. The molecule has 2 heterocycles. The van der Waals surface area contributed by atoms with Gasteiger partial charge in [0.15, 0.2) is 0 Å². The highest BCUT2D eigenvalue weighted by molar-refractivity contribution is 4.78. The minimum absolute atomic E-state index is 0.563. The molecular weight excluding hydrogens is 212 g/mol. The first-order valence-electron chi connectivity index (χ1n) is 7.34. The molecule has 3 nitrogen and oxygen atoms in total. The van der Waals surface area contributed by atoms with Crippen molar-refractivity contribution in [2.45, 2.75) is 64.1 Å². The van der Waals surface area contributed by atoms with E-state index in [0.29, 0.717) is 12.1 Å². The Bertz CT molecular complexity index is 216. The van der Waals surface area contributed by atoms with E-state index in [2.05, 4.69) is 24.1 Å². The molecule has 2 aliphatic heterocycles. The standard InChI is InChI=1S/C14H28N2O/c1-12-11-16(13(2)7-8-15-12)9-3-5-14-6-4-10-17-14/h12-15H,3-11H2,1-2H3. The van der Waals surface area contributed by atoms with Crippen molar-refractivity contribution in [3.63, 3.8) is 0 Å². The molecule has 0 aromatic rings. The van der Waals surface area contributed by atoms with E-state index in [1.807, 2.05) is 0 Å². The van der Waals surface area contributed by atoms with Gasteiger partial charge >= 0.3 is 0 Å². The van der Waals surface area contributed by atoms with Crippen molar-refractivity contribution in [1.29, 1.82) is 0 Å². The van der Waals surface area contributed by atoms with Crippen LogP contribution in [-0.4, -0.2) is 49.3 Å². The molecule has 0 radical (unpaired) electrons. The van der Waals surface area contributed by atoms with Gasteiger partial charge in [0, 0.05) is 25.2 Å². The van der Waals surface area contributed by atoms with Crippen molar-refractivity contribution in [3.8, 4) is 0 Å². The molecule has 0 aliphatic carbocycles. The van der Waals surface area contributed by atoms with Gasteiger partial charge in [-0.1, -0.05) is 0 Å². The van der Waals surface area contributed by atoms with E-state index < -0.39 is 0 Å². The Morgan fingerprint density at radius 3 is 2.94 bits per heavy atom. The van der Waals surface area contributed by atoms with E-state index >= 15 is 0 Å². The molecule has 3 atom stereocenters. The van der Waals surface area contributed by atoms with Crippen LogP contribution in [0.5, 0.6) is 0 Å². The predicted octanol–water partition coefficient (Wildman–Crippen LogP) is 2.02. The molecule has 2 saturated heterocycles. The van der Waals surface area contributed by atoms with Gasteiger partial charge in [0.1, 0.15) is 0 Å². The van der Waals surface area contributed by atoms with Crippen molar-refractivity contribution >= 4 is 0 Å². The average molecular weight is 240 g/mol.